The Morgan fingerprint density at radius 2 is 1.87 bits per heavy atom. The van der Waals surface area contributed by atoms with Crippen LogP contribution >= 0.6 is 12.2 Å². The minimum atomic E-state index is 0.203. The van der Waals surface area contributed by atoms with Gasteiger partial charge in [0.25, 0.3) is 0 Å². The molecule has 1 aliphatic rings. The van der Waals surface area contributed by atoms with Crippen molar-refractivity contribution in [1.29, 1.82) is 0 Å². The van der Waals surface area contributed by atoms with Gasteiger partial charge in [0.05, 0.1) is 27.0 Å². The molecule has 2 aromatic rings. The highest BCUT2D eigenvalue weighted by Gasteiger charge is 2.25. The third-order valence-electron chi connectivity index (χ3n) is 3.80. The molecule has 2 heterocycles. The Balaban J connectivity index is 2.20. The number of anilines is 1. The first kappa shape index (κ1) is 15.4. The molecule has 0 aliphatic carbocycles. The number of benzene rings is 1. The molecule has 0 fully saturated rings. The Kier molecular flexibility index (Phi) is 3.99. The van der Waals surface area contributed by atoms with Crippen LogP contribution in [0.15, 0.2) is 12.1 Å². The number of aromatic nitrogens is 2. The van der Waals surface area contributed by atoms with Crippen molar-refractivity contribution in [3.63, 3.8) is 0 Å². The molecule has 0 saturated heterocycles. The predicted molar refractivity (Wildman–Crippen MR) is 91.7 cm³/mol. The van der Waals surface area contributed by atoms with E-state index in [1.807, 2.05) is 12.1 Å². The first-order valence-electron chi connectivity index (χ1n) is 7.06. The second kappa shape index (κ2) is 5.96. The Bertz CT molecular complexity index is 747. The van der Waals surface area contributed by atoms with Crippen LogP contribution in [0, 0.1) is 0 Å². The maximum atomic E-state index is 5.76. The molecule has 0 bridgehead atoms. The average molecular weight is 334 g/mol. The summed E-state index contributed by atoms with van der Waals surface area (Å²) >= 11 is 5.07. The molecular formula is C15H18N4O3S. The highest BCUT2D eigenvalue weighted by molar-refractivity contribution is 7.80. The molecule has 0 atom stereocenters. The number of rotatable bonds is 4. The normalized spacial score (nSPS) is 12.5. The second-order valence-corrected chi connectivity index (χ2v) is 5.43. The summed E-state index contributed by atoms with van der Waals surface area (Å²) in [5.74, 6) is 2.54. The van der Waals surface area contributed by atoms with E-state index < -0.39 is 0 Å². The molecule has 122 valence electrons. The quantitative estimate of drug-likeness (QED) is 0.822. The van der Waals surface area contributed by atoms with Gasteiger partial charge in [0.15, 0.2) is 16.6 Å². The van der Waals surface area contributed by atoms with Crippen LogP contribution in [0.5, 0.6) is 17.2 Å². The van der Waals surface area contributed by atoms with Crippen molar-refractivity contribution in [3.8, 4) is 28.5 Å². The van der Waals surface area contributed by atoms with Crippen molar-refractivity contribution in [3.05, 3.63) is 17.7 Å². The van der Waals surface area contributed by atoms with Gasteiger partial charge in [-0.15, -0.1) is 0 Å². The summed E-state index contributed by atoms with van der Waals surface area (Å²) in [5.41, 5.74) is 8.49. The van der Waals surface area contributed by atoms with E-state index in [1.165, 1.54) is 0 Å². The van der Waals surface area contributed by atoms with Crippen LogP contribution in [0.3, 0.4) is 0 Å². The summed E-state index contributed by atoms with van der Waals surface area (Å²) in [7, 11) is 4.74. The number of methoxy groups -OCH3 is 3. The van der Waals surface area contributed by atoms with E-state index in [2.05, 4.69) is 10.4 Å². The third-order valence-corrected chi connectivity index (χ3v) is 3.97. The van der Waals surface area contributed by atoms with Gasteiger partial charge in [0.2, 0.25) is 5.75 Å². The minimum absolute atomic E-state index is 0.203. The lowest BCUT2D eigenvalue weighted by molar-refractivity contribution is 0.324. The summed E-state index contributed by atoms with van der Waals surface area (Å²) in [6.45, 7) is 0.827. The van der Waals surface area contributed by atoms with Gasteiger partial charge in [-0.2, -0.15) is 9.78 Å². The summed E-state index contributed by atoms with van der Waals surface area (Å²) in [6.07, 6.45) is 0.851. The lowest BCUT2D eigenvalue weighted by Gasteiger charge is -2.13. The van der Waals surface area contributed by atoms with Crippen molar-refractivity contribution in [1.82, 2.24) is 9.78 Å². The Labute approximate surface area is 139 Å². The van der Waals surface area contributed by atoms with Crippen molar-refractivity contribution in [2.45, 2.75) is 6.42 Å². The number of nitrogens with two attached hydrogens (primary N) is 1. The maximum absolute atomic E-state index is 5.76. The summed E-state index contributed by atoms with van der Waals surface area (Å²) in [4.78, 5) is 0. The lowest BCUT2D eigenvalue weighted by Crippen LogP contribution is -2.22. The molecule has 3 N–H and O–H groups in total. The first-order chi connectivity index (χ1) is 11.1. The molecule has 0 unspecified atom stereocenters. The molecule has 3 rings (SSSR count). The van der Waals surface area contributed by atoms with Gasteiger partial charge in [0, 0.05) is 17.7 Å². The highest BCUT2D eigenvalue weighted by Crippen LogP contribution is 2.43. The number of ether oxygens (including phenoxy) is 3. The molecule has 23 heavy (non-hydrogen) atoms. The highest BCUT2D eigenvalue weighted by atomic mass is 32.1. The molecule has 1 aromatic heterocycles. The first-order valence-corrected chi connectivity index (χ1v) is 7.47. The van der Waals surface area contributed by atoms with Gasteiger partial charge < -0.3 is 25.3 Å². The van der Waals surface area contributed by atoms with Gasteiger partial charge in [-0.05, 0) is 30.8 Å². The minimum Gasteiger partial charge on any atom is -0.493 e. The van der Waals surface area contributed by atoms with Gasteiger partial charge in [-0.25, -0.2) is 0 Å². The van der Waals surface area contributed by atoms with Crippen molar-refractivity contribution >= 4 is 23.1 Å². The summed E-state index contributed by atoms with van der Waals surface area (Å²) < 4.78 is 17.7. The topological polar surface area (TPSA) is 83.6 Å². The fourth-order valence-electron chi connectivity index (χ4n) is 2.78. The van der Waals surface area contributed by atoms with E-state index in [1.54, 1.807) is 26.0 Å². The van der Waals surface area contributed by atoms with Gasteiger partial charge in [-0.1, -0.05) is 0 Å². The largest absolute Gasteiger partial charge is 0.493 e. The van der Waals surface area contributed by atoms with Crippen molar-refractivity contribution in [2.75, 3.05) is 33.2 Å². The predicted octanol–water partition coefficient (Wildman–Crippen LogP) is 1.64. The van der Waals surface area contributed by atoms with E-state index in [4.69, 9.17) is 32.2 Å². The van der Waals surface area contributed by atoms with Crippen LogP contribution in [-0.4, -0.2) is 42.8 Å². The standard InChI is InChI=1S/C15H18N4O3S/c1-20-10-6-8(7-11(21-2)13(10)22-3)12-9-4-5-17-14(9)19(18-12)15(16)23/h6-7,17H,4-5H2,1-3H3,(H2,16,23). The molecule has 0 saturated carbocycles. The zero-order valence-electron chi connectivity index (χ0n) is 13.2. The van der Waals surface area contributed by atoms with Crippen LogP contribution in [0.1, 0.15) is 5.56 Å². The third kappa shape index (κ3) is 2.44. The lowest BCUT2D eigenvalue weighted by atomic mass is 10.1. The van der Waals surface area contributed by atoms with Gasteiger partial charge in [0.1, 0.15) is 5.82 Å². The fraction of sp³-hybridized carbons (Fsp3) is 0.333. The molecule has 7 nitrogen and oxygen atoms in total. The number of nitrogens with zero attached hydrogens (tertiary/aromatic N) is 2. The van der Waals surface area contributed by atoms with Crippen molar-refractivity contribution in [2.24, 2.45) is 5.73 Å². The Morgan fingerprint density at radius 1 is 1.22 bits per heavy atom. The van der Waals surface area contributed by atoms with E-state index >= 15 is 0 Å². The van der Waals surface area contributed by atoms with Crippen LogP contribution in [0.25, 0.3) is 11.3 Å². The Hall–Kier alpha value is -2.48. The summed E-state index contributed by atoms with van der Waals surface area (Å²) in [5, 5.41) is 8.01. The number of thiocarbonyl (C=S) groups is 1. The maximum Gasteiger partial charge on any atom is 0.203 e. The number of hydrogen-bond donors (Lipinski definition) is 2. The van der Waals surface area contributed by atoms with Crippen molar-refractivity contribution < 1.29 is 14.2 Å². The van der Waals surface area contributed by atoms with Crippen LogP contribution in [0.2, 0.25) is 0 Å². The Morgan fingerprint density at radius 3 is 2.39 bits per heavy atom. The average Bonchev–Trinajstić information content (AvgIpc) is 3.15. The number of fused-ring (bicyclic) bond motifs is 1. The van der Waals surface area contributed by atoms with Gasteiger partial charge in [-0.3, -0.25) is 0 Å². The van der Waals surface area contributed by atoms with Crippen LogP contribution in [-0.2, 0) is 6.42 Å². The molecule has 0 radical (unpaired) electrons. The second-order valence-electron chi connectivity index (χ2n) is 5.02. The monoisotopic (exact) mass is 334 g/mol. The van der Waals surface area contributed by atoms with E-state index in [9.17, 15) is 0 Å². The zero-order valence-corrected chi connectivity index (χ0v) is 14.0. The van der Waals surface area contributed by atoms with Gasteiger partial charge >= 0.3 is 0 Å². The summed E-state index contributed by atoms with van der Waals surface area (Å²) in [6, 6.07) is 3.73. The number of hydrogen-bond acceptors (Lipinski definition) is 6. The van der Waals surface area contributed by atoms with E-state index in [0.717, 1.165) is 35.6 Å². The van der Waals surface area contributed by atoms with Crippen LogP contribution in [0.4, 0.5) is 5.82 Å². The fourth-order valence-corrected chi connectivity index (χ4v) is 2.92. The molecule has 8 heteroatoms. The smallest absolute Gasteiger partial charge is 0.203 e. The molecule has 0 spiro atoms. The SMILES string of the molecule is COc1cc(-c2nn(C(N)=S)c3c2CCN3)cc(OC)c1OC. The van der Waals surface area contributed by atoms with E-state index in [0.29, 0.717) is 17.2 Å². The number of nitrogens with one attached hydrogen (secondary N) is 1. The molecular weight excluding hydrogens is 316 g/mol. The van der Waals surface area contributed by atoms with Crippen LogP contribution < -0.4 is 25.3 Å². The molecule has 1 aliphatic heterocycles. The van der Waals surface area contributed by atoms with E-state index in [-0.39, 0.29) is 5.11 Å². The molecule has 0 amide bonds. The molecule has 1 aromatic carbocycles. The zero-order chi connectivity index (χ0) is 16.6.